The third-order valence-electron chi connectivity index (χ3n) is 5.43. The van der Waals surface area contributed by atoms with Crippen LogP contribution in [0.25, 0.3) is 22.5 Å². The van der Waals surface area contributed by atoms with Crippen LogP contribution in [0.1, 0.15) is 25.0 Å². The molecule has 0 saturated heterocycles. The van der Waals surface area contributed by atoms with E-state index in [1.165, 1.54) is 6.20 Å². The van der Waals surface area contributed by atoms with Crippen LogP contribution in [-0.4, -0.2) is 46.4 Å². The van der Waals surface area contributed by atoms with Crippen molar-refractivity contribution in [3.8, 4) is 28.8 Å². The summed E-state index contributed by atoms with van der Waals surface area (Å²) in [6.07, 6.45) is 12.0. The zero-order chi connectivity index (χ0) is 25.1. The highest BCUT2D eigenvalue weighted by molar-refractivity contribution is 5.85. The van der Waals surface area contributed by atoms with E-state index in [0.717, 1.165) is 22.5 Å². The zero-order valence-electron chi connectivity index (χ0n) is 19.8. The number of hydrogen-bond donors (Lipinski definition) is 2. The Hall–Kier alpha value is -4.75. The molecule has 0 atom stereocenters. The van der Waals surface area contributed by atoms with Crippen LogP contribution in [0.5, 0.6) is 5.75 Å². The average Bonchev–Trinajstić information content (AvgIpc) is 3.56. The molecule has 0 bridgehead atoms. The van der Waals surface area contributed by atoms with Crippen molar-refractivity contribution in [2.45, 2.75) is 26.0 Å². The second kappa shape index (κ2) is 9.48. The molecule has 5 rings (SSSR count). The number of nitrogens with one attached hydrogen (secondary N) is 1. The van der Waals surface area contributed by atoms with E-state index in [9.17, 15) is 10.4 Å². The van der Waals surface area contributed by atoms with Gasteiger partial charge >= 0.3 is 0 Å². The van der Waals surface area contributed by atoms with Crippen LogP contribution >= 0.6 is 0 Å². The van der Waals surface area contributed by atoms with E-state index in [1.807, 2.05) is 47.3 Å². The molecule has 0 fully saturated rings. The van der Waals surface area contributed by atoms with Gasteiger partial charge in [0.1, 0.15) is 36.4 Å². The Kier molecular flexibility index (Phi) is 6.06. The fourth-order valence-electron chi connectivity index (χ4n) is 3.66. The Morgan fingerprint density at radius 1 is 1.14 bits per heavy atom. The first-order valence-electron chi connectivity index (χ1n) is 11.3. The molecule has 0 aliphatic rings. The number of fused-ring (bicyclic) bond motifs is 1. The molecule has 36 heavy (non-hydrogen) atoms. The second-order valence-corrected chi connectivity index (χ2v) is 8.93. The zero-order valence-corrected chi connectivity index (χ0v) is 19.8. The van der Waals surface area contributed by atoms with Gasteiger partial charge in [0.25, 0.3) is 0 Å². The molecule has 0 aromatic carbocycles. The summed E-state index contributed by atoms with van der Waals surface area (Å²) < 4.78 is 9.25. The minimum absolute atomic E-state index is 0.115. The molecule has 0 aliphatic heterocycles. The second-order valence-electron chi connectivity index (χ2n) is 8.93. The van der Waals surface area contributed by atoms with Gasteiger partial charge in [0.15, 0.2) is 0 Å². The lowest BCUT2D eigenvalue weighted by Gasteiger charge is -2.18. The van der Waals surface area contributed by atoms with Gasteiger partial charge in [-0.05, 0) is 43.7 Å². The van der Waals surface area contributed by atoms with Crippen LogP contribution < -0.4 is 10.1 Å². The van der Waals surface area contributed by atoms with E-state index in [4.69, 9.17) is 4.74 Å². The summed E-state index contributed by atoms with van der Waals surface area (Å²) in [5, 5.41) is 27.2. The average molecular weight is 481 g/mol. The van der Waals surface area contributed by atoms with Gasteiger partial charge in [0, 0.05) is 42.5 Å². The van der Waals surface area contributed by atoms with Crippen LogP contribution in [-0.2, 0) is 6.54 Å². The monoisotopic (exact) mass is 480 g/mol. The summed E-state index contributed by atoms with van der Waals surface area (Å²) in [7, 11) is 0. The van der Waals surface area contributed by atoms with E-state index in [0.29, 0.717) is 29.2 Å². The summed E-state index contributed by atoms with van der Waals surface area (Å²) in [6.45, 7) is 4.03. The molecule has 5 heterocycles. The van der Waals surface area contributed by atoms with Crippen LogP contribution in [0.4, 0.5) is 5.82 Å². The normalized spacial score (nSPS) is 11.4. The highest BCUT2D eigenvalue weighted by Crippen LogP contribution is 2.31. The highest BCUT2D eigenvalue weighted by Gasteiger charge is 2.17. The van der Waals surface area contributed by atoms with E-state index < -0.39 is 5.60 Å². The van der Waals surface area contributed by atoms with E-state index >= 15 is 0 Å². The number of aromatic nitrogens is 6. The van der Waals surface area contributed by atoms with Crippen molar-refractivity contribution in [2.75, 3.05) is 11.9 Å². The molecular weight excluding hydrogens is 456 g/mol. The highest BCUT2D eigenvalue weighted by atomic mass is 16.5. The fraction of sp³-hybridized carbons (Fsp3) is 0.192. The molecule has 180 valence electrons. The number of nitriles is 1. The molecule has 5 aromatic rings. The number of nitrogens with zero attached hydrogens (tertiary/aromatic N) is 7. The molecule has 0 radical (unpaired) electrons. The number of anilines is 1. The van der Waals surface area contributed by atoms with Crippen molar-refractivity contribution in [3.05, 3.63) is 85.0 Å². The topological polar surface area (TPSA) is 126 Å². The number of rotatable bonds is 8. The minimum Gasteiger partial charge on any atom is -0.489 e. The maximum Gasteiger partial charge on any atom is 0.138 e. The van der Waals surface area contributed by atoms with Gasteiger partial charge in [-0.25, -0.2) is 19.5 Å². The van der Waals surface area contributed by atoms with E-state index in [-0.39, 0.29) is 6.61 Å². The number of imidazole rings is 1. The molecule has 5 aromatic heterocycles. The standard InChI is InChI=1S/C26H24N8O2/c1-26(2,35)16-36-21-9-22(25-20(10-27)14-32-34(25)15-21)19-4-5-23(30-13-19)29-11-18-3-6-24(31-12-18)33-8-7-28-17-33/h3-9,12-15,17,35H,11,16H2,1-2H3,(H,29,30). The molecule has 2 N–H and O–H groups in total. The van der Waals surface area contributed by atoms with Crippen molar-refractivity contribution in [2.24, 2.45) is 0 Å². The minimum atomic E-state index is -0.985. The fourth-order valence-corrected chi connectivity index (χ4v) is 3.66. The third kappa shape index (κ3) is 5.01. The van der Waals surface area contributed by atoms with Gasteiger partial charge in [0.05, 0.1) is 29.1 Å². The molecule has 10 nitrogen and oxygen atoms in total. The van der Waals surface area contributed by atoms with Crippen LogP contribution in [0.2, 0.25) is 0 Å². The first-order valence-corrected chi connectivity index (χ1v) is 11.3. The van der Waals surface area contributed by atoms with Crippen molar-refractivity contribution in [3.63, 3.8) is 0 Å². The molecular formula is C26H24N8O2. The quantitative estimate of drug-likeness (QED) is 0.345. The Bertz CT molecular complexity index is 1510. The van der Waals surface area contributed by atoms with Gasteiger partial charge in [-0.3, -0.25) is 4.57 Å². The molecule has 0 aliphatic carbocycles. The Balaban J connectivity index is 1.35. The Labute approximate surface area is 207 Å². The van der Waals surface area contributed by atoms with Crippen LogP contribution in [0.3, 0.4) is 0 Å². The van der Waals surface area contributed by atoms with E-state index in [2.05, 4.69) is 31.4 Å². The number of ether oxygens (including phenoxy) is 1. The van der Waals surface area contributed by atoms with Crippen LogP contribution in [0, 0.1) is 11.3 Å². The lowest BCUT2D eigenvalue weighted by atomic mass is 10.1. The first kappa shape index (κ1) is 23.0. The molecule has 0 amide bonds. The summed E-state index contributed by atoms with van der Waals surface area (Å²) in [4.78, 5) is 13.1. The predicted octanol–water partition coefficient (Wildman–Crippen LogP) is 3.61. The van der Waals surface area contributed by atoms with Crippen LogP contribution in [0.15, 0.2) is 73.8 Å². The van der Waals surface area contributed by atoms with Gasteiger partial charge in [-0.15, -0.1) is 0 Å². The van der Waals surface area contributed by atoms with E-state index in [1.54, 1.807) is 43.3 Å². The summed E-state index contributed by atoms with van der Waals surface area (Å²) in [5.74, 6) is 2.04. The Morgan fingerprint density at radius 3 is 2.69 bits per heavy atom. The molecule has 0 saturated carbocycles. The van der Waals surface area contributed by atoms with Gasteiger partial charge in [0.2, 0.25) is 0 Å². The van der Waals surface area contributed by atoms with Gasteiger partial charge < -0.3 is 15.2 Å². The summed E-state index contributed by atoms with van der Waals surface area (Å²) in [6, 6.07) is 11.8. The predicted molar refractivity (Wildman–Crippen MR) is 134 cm³/mol. The van der Waals surface area contributed by atoms with Crippen molar-refractivity contribution in [1.82, 2.24) is 29.1 Å². The smallest absolute Gasteiger partial charge is 0.138 e. The maximum absolute atomic E-state index is 10.0. The number of aliphatic hydroxyl groups is 1. The van der Waals surface area contributed by atoms with Crippen molar-refractivity contribution < 1.29 is 9.84 Å². The number of hydrogen-bond acceptors (Lipinski definition) is 8. The van der Waals surface area contributed by atoms with Crippen molar-refractivity contribution >= 4 is 11.3 Å². The Morgan fingerprint density at radius 2 is 2.03 bits per heavy atom. The third-order valence-corrected chi connectivity index (χ3v) is 5.43. The lowest BCUT2D eigenvalue weighted by molar-refractivity contribution is 0.0283. The van der Waals surface area contributed by atoms with Crippen molar-refractivity contribution in [1.29, 1.82) is 5.26 Å². The number of pyridine rings is 3. The summed E-state index contributed by atoms with van der Waals surface area (Å²) >= 11 is 0. The molecule has 10 heteroatoms. The SMILES string of the molecule is CC(C)(O)COc1cc(-c2ccc(NCc3ccc(-n4ccnc4)nc3)nc2)c2c(C#N)cnn2c1. The molecule has 0 spiro atoms. The van der Waals surface area contributed by atoms with Gasteiger partial charge in [-0.1, -0.05) is 6.07 Å². The first-order chi connectivity index (χ1) is 17.4. The lowest BCUT2D eigenvalue weighted by Crippen LogP contribution is -2.27. The maximum atomic E-state index is 10.0. The largest absolute Gasteiger partial charge is 0.489 e. The summed E-state index contributed by atoms with van der Waals surface area (Å²) in [5.41, 5.74) is 2.72. The molecule has 0 unspecified atom stereocenters. The van der Waals surface area contributed by atoms with Gasteiger partial charge in [-0.2, -0.15) is 10.4 Å².